The van der Waals surface area contributed by atoms with Gasteiger partial charge in [0.2, 0.25) is 0 Å². The van der Waals surface area contributed by atoms with Crippen LogP contribution >= 0.6 is 11.8 Å². The second-order valence-electron chi connectivity index (χ2n) is 7.37. The third kappa shape index (κ3) is 4.92. The van der Waals surface area contributed by atoms with Gasteiger partial charge in [0.15, 0.2) is 0 Å². The molecule has 120 valence electrons. The number of thioether (sulfide) groups is 1. The number of ether oxygens (including phenoxy) is 1. The Kier molecular flexibility index (Phi) is 7.37. The van der Waals surface area contributed by atoms with E-state index >= 15 is 0 Å². The molecule has 0 bridgehead atoms. The van der Waals surface area contributed by atoms with Gasteiger partial charge in [0, 0.05) is 12.0 Å². The van der Waals surface area contributed by atoms with E-state index < -0.39 is 0 Å². The molecular weight excluding hydrogens is 266 g/mol. The average molecular weight is 302 g/mol. The summed E-state index contributed by atoms with van der Waals surface area (Å²) >= 11 is 2.01. The summed E-state index contributed by atoms with van der Waals surface area (Å²) in [7, 11) is 2.07. The molecule has 0 radical (unpaired) electrons. The van der Waals surface area contributed by atoms with Crippen LogP contribution in [0.4, 0.5) is 0 Å². The first-order valence-electron chi connectivity index (χ1n) is 8.24. The summed E-state index contributed by atoms with van der Waals surface area (Å²) in [6, 6.07) is 0.484. The third-order valence-corrected chi connectivity index (χ3v) is 6.30. The van der Waals surface area contributed by atoms with Crippen LogP contribution in [0.2, 0.25) is 0 Å². The first-order valence-corrected chi connectivity index (χ1v) is 9.28. The lowest BCUT2D eigenvalue weighted by Gasteiger charge is -2.44. The molecule has 0 spiro atoms. The lowest BCUT2D eigenvalue weighted by atomic mass is 9.69. The largest absolute Gasteiger partial charge is 0.364 e. The Morgan fingerprint density at radius 1 is 1.20 bits per heavy atom. The molecule has 2 nitrogen and oxygen atoms in total. The molecular formula is C17H35NOS. The fourth-order valence-corrected chi connectivity index (χ4v) is 4.87. The van der Waals surface area contributed by atoms with Crippen LogP contribution in [0, 0.1) is 17.3 Å². The summed E-state index contributed by atoms with van der Waals surface area (Å²) < 4.78 is 6.48. The van der Waals surface area contributed by atoms with Gasteiger partial charge in [-0.3, -0.25) is 0 Å². The van der Waals surface area contributed by atoms with Gasteiger partial charge in [-0.05, 0) is 50.8 Å². The molecule has 0 aromatic carbocycles. The van der Waals surface area contributed by atoms with Crippen LogP contribution in [0.1, 0.15) is 60.8 Å². The van der Waals surface area contributed by atoms with E-state index in [1.807, 2.05) is 11.8 Å². The van der Waals surface area contributed by atoms with Gasteiger partial charge in [-0.15, -0.1) is 11.8 Å². The Morgan fingerprint density at radius 2 is 1.85 bits per heavy atom. The Hall–Kier alpha value is 0.270. The summed E-state index contributed by atoms with van der Waals surface area (Å²) in [6.07, 6.45) is 4.25. The van der Waals surface area contributed by atoms with E-state index in [0.29, 0.717) is 34.8 Å². The van der Waals surface area contributed by atoms with Crippen molar-refractivity contribution in [2.45, 2.75) is 78.4 Å². The smallest absolute Gasteiger partial charge is 0.105 e. The maximum atomic E-state index is 6.48. The molecule has 0 amide bonds. The summed E-state index contributed by atoms with van der Waals surface area (Å²) in [5.41, 5.74) is 0.663. The second-order valence-corrected chi connectivity index (χ2v) is 8.58. The monoisotopic (exact) mass is 301 g/mol. The van der Waals surface area contributed by atoms with E-state index in [2.05, 4.69) is 53.9 Å². The van der Waals surface area contributed by atoms with Crippen LogP contribution in [0.25, 0.3) is 0 Å². The van der Waals surface area contributed by atoms with Crippen molar-refractivity contribution in [2.75, 3.05) is 12.8 Å². The lowest BCUT2D eigenvalue weighted by Crippen LogP contribution is -2.47. The Bertz CT molecular complexity index is 280. The van der Waals surface area contributed by atoms with Crippen LogP contribution in [0.5, 0.6) is 0 Å². The topological polar surface area (TPSA) is 21.3 Å². The second kappa shape index (κ2) is 8.05. The van der Waals surface area contributed by atoms with Gasteiger partial charge in [0.1, 0.15) is 5.44 Å². The SMILES string of the molecule is CNC(C)C1C(C)OC(C(C)C)SCCCCC1(C)C. The fraction of sp³-hybridized carbons (Fsp3) is 1.00. The average Bonchev–Trinajstić information content (AvgIpc) is 2.35. The first-order chi connectivity index (χ1) is 9.29. The Labute approximate surface area is 130 Å². The highest BCUT2D eigenvalue weighted by Gasteiger charge is 2.38. The highest BCUT2D eigenvalue weighted by Crippen LogP contribution is 2.40. The summed E-state index contributed by atoms with van der Waals surface area (Å²) in [5, 5.41) is 3.46. The summed E-state index contributed by atoms with van der Waals surface area (Å²) in [6.45, 7) is 14.0. The van der Waals surface area contributed by atoms with Crippen molar-refractivity contribution < 1.29 is 4.74 Å². The predicted octanol–water partition coefficient (Wildman–Crippen LogP) is 4.54. The minimum Gasteiger partial charge on any atom is -0.364 e. The summed E-state index contributed by atoms with van der Waals surface area (Å²) in [4.78, 5) is 0. The minimum absolute atomic E-state index is 0.297. The van der Waals surface area contributed by atoms with Crippen molar-refractivity contribution in [2.24, 2.45) is 17.3 Å². The van der Waals surface area contributed by atoms with Crippen LogP contribution in [-0.4, -0.2) is 30.4 Å². The maximum absolute atomic E-state index is 6.48. The van der Waals surface area contributed by atoms with E-state index in [0.717, 1.165) is 0 Å². The molecule has 0 saturated carbocycles. The minimum atomic E-state index is 0.297. The first kappa shape index (κ1) is 18.3. The van der Waals surface area contributed by atoms with Gasteiger partial charge in [-0.2, -0.15) is 0 Å². The molecule has 20 heavy (non-hydrogen) atoms. The van der Waals surface area contributed by atoms with Crippen LogP contribution in [0.15, 0.2) is 0 Å². The Balaban J connectivity index is 2.93. The van der Waals surface area contributed by atoms with Gasteiger partial charge >= 0.3 is 0 Å². The zero-order valence-corrected chi connectivity index (χ0v) is 15.3. The number of hydrogen-bond acceptors (Lipinski definition) is 3. The van der Waals surface area contributed by atoms with Crippen molar-refractivity contribution >= 4 is 11.8 Å². The number of hydrogen-bond donors (Lipinski definition) is 1. The molecule has 1 saturated heterocycles. The zero-order valence-electron chi connectivity index (χ0n) is 14.5. The molecule has 1 N–H and O–H groups in total. The lowest BCUT2D eigenvalue weighted by molar-refractivity contribution is -0.0567. The van der Waals surface area contributed by atoms with Crippen LogP contribution in [0.3, 0.4) is 0 Å². The van der Waals surface area contributed by atoms with E-state index in [1.54, 1.807) is 0 Å². The van der Waals surface area contributed by atoms with Crippen LogP contribution in [-0.2, 0) is 4.74 Å². The van der Waals surface area contributed by atoms with E-state index in [1.165, 1.54) is 25.0 Å². The molecule has 4 unspecified atom stereocenters. The zero-order chi connectivity index (χ0) is 15.3. The molecule has 0 aromatic rings. The predicted molar refractivity (Wildman–Crippen MR) is 91.3 cm³/mol. The number of rotatable bonds is 3. The van der Waals surface area contributed by atoms with Crippen molar-refractivity contribution in [3.8, 4) is 0 Å². The van der Waals surface area contributed by atoms with Gasteiger partial charge in [-0.1, -0.05) is 34.1 Å². The highest BCUT2D eigenvalue weighted by molar-refractivity contribution is 7.99. The van der Waals surface area contributed by atoms with Crippen molar-refractivity contribution in [1.29, 1.82) is 0 Å². The number of nitrogens with one attached hydrogen (secondary N) is 1. The van der Waals surface area contributed by atoms with E-state index in [9.17, 15) is 0 Å². The fourth-order valence-electron chi connectivity index (χ4n) is 3.63. The molecule has 1 rings (SSSR count). The molecule has 1 aliphatic heterocycles. The maximum Gasteiger partial charge on any atom is 0.105 e. The third-order valence-electron chi connectivity index (χ3n) is 4.79. The van der Waals surface area contributed by atoms with Crippen molar-refractivity contribution in [1.82, 2.24) is 5.32 Å². The molecule has 1 aliphatic rings. The van der Waals surface area contributed by atoms with E-state index in [-0.39, 0.29) is 0 Å². The van der Waals surface area contributed by atoms with Crippen LogP contribution < -0.4 is 5.32 Å². The van der Waals surface area contributed by atoms with E-state index in [4.69, 9.17) is 4.74 Å². The van der Waals surface area contributed by atoms with Gasteiger partial charge in [-0.25, -0.2) is 0 Å². The molecule has 1 heterocycles. The molecule has 4 atom stereocenters. The van der Waals surface area contributed by atoms with Gasteiger partial charge in [0.05, 0.1) is 6.10 Å². The van der Waals surface area contributed by atoms with Crippen molar-refractivity contribution in [3.63, 3.8) is 0 Å². The Morgan fingerprint density at radius 3 is 2.40 bits per heavy atom. The molecule has 0 aromatic heterocycles. The highest BCUT2D eigenvalue weighted by atomic mass is 32.2. The molecule has 3 heteroatoms. The quantitative estimate of drug-likeness (QED) is 0.827. The molecule has 1 fully saturated rings. The summed E-state index contributed by atoms with van der Waals surface area (Å²) in [5.74, 6) is 2.36. The van der Waals surface area contributed by atoms with Crippen molar-refractivity contribution in [3.05, 3.63) is 0 Å². The normalized spacial score (nSPS) is 33.9. The van der Waals surface area contributed by atoms with Gasteiger partial charge in [0.25, 0.3) is 0 Å². The molecule has 0 aliphatic carbocycles. The van der Waals surface area contributed by atoms with Gasteiger partial charge < -0.3 is 10.1 Å². The standard InChI is InChI=1S/C17H35NOS/c1-12(2)16-19-14(4)15(13(3)18-7)17(5,6)10-8-9-11-20-16/h12-16,18H,8-11H2,1-7H3.